The first-order chi connectivity index (χ1) is 13.5. The van der Waals surface area contributed by atoms with Crippen molar-refractivity contribution in [2.75, 3.05) is 6.61 Å². The average molecular weight is 393 g/mol. The molecule has 0 fully saturated rings. The fraction of sp³-hybridized carbons (Fsp3) is 0.583. The summed E-state index contributed by atoms with van der Waals surface area (Å²) < 4.78 is 4.73. The van der Waals surface area contributed by atoms with Crippen LogP contribution in [0, 0.1) is 0 Å². The molecular weight excluding hydrogens is 352 g/mol. The third-order valence-electron chi connectivity index (χ3n) is 3.80. The zero-order valence-corrected chi connectivity index (χ0v) is 18.3. The Morgan fingerprint density at radius 3 is 1.86 bits per heavy atom. The number of carbonyl (C=O) groups excluding carboxylic acids is 1. The van der Waals surface area contributed by atoms with E-state index in [0.29, 0.717) is 18.6 Å². The van der Waals surface area contributed by atoms with Gasteiger partial charge >= 0.3 is 11.9 Å². The number of carbonyl (C=O) groups is 2. The fourth-order valence-electron chi connectivity index (χ4n) is 2.14. The Labute approximate surface area is 172 Å². The van der Waals surface area contributed by atoms with E-state index in [-0.39, 0.29) is 5.97 Å². The molecule has 0 aromatic rings. The van der Waals surface area contributed by atoms with Gasteiger partial charge in [-0.15, -0.1) is 0 Å². The maximum atomic E-state index is 10.8. The van der Waals surface area contributed by atoms with Gasteiger partial charge in [-0.25, -0.2) is 9.59 Å². The lowest BCUT2D eigenvalue weighted by Gasteiger charge is -1.94. The second-order valence-electron chi connectivity index (χ2n) is 6.31. The molecule has 0 unspecified atom stereocenters. The number of hydrogen-bond acceptors (Lipinski definition) is 3. The van der Waals surface area contributed by atoms with Crippen molar-refractivity contribution in [3.63, 3.8) is 0 Å². The van der Waals surface area contributed by atoms with Crippen molar-refractivity contribution in [3.8, 4) is 0 Å². The van der Waals surface area contributed by atoms with Crippen molar-refractivity contribution in [1.82, 2.24) is 0 Å². The Hall–Kier alpha value is -2.10. The van der Waals surface area contributed by atoms with Gasteiger partial charge in [-0.05, 0) is 39.0 Å². The Kier molecular flexibility index (Phi) is 23.0. The van der Waals surface area contributed by atoms with Crippen LogP contribution in [0.5, 0.6) is 0 Å². The molecule has 4 nitrogen and oxygen atoms in total. The van der Waals surface area contributed by atoms with Gasteiger partial charge in [-0.1, -0.05) is 82.9 Å². The SMILES string of the molecule is CCCCCC=CC=C(CC)C(=O)O.CCCCCC=CC=CC(=O)OCC. The Balaban J connectivity index is 0. The molecule has 0 spiro atoms. The molecule has 1 N–H and O–H groups in total. The predicted molar refractivity (Wildman–Crippen MR) is 118 cm³/mol. The first kappa shape index (κ1) is 28.1. The van der Waals surface area contributed by atoms with Gasteiger partial charge in [-0.3, -0.25) is 0 Å². The highest BCUT2D eigenvalue weighted by molar-refractivity contribution is 5.86. The fourth-order valence-corrected chi connectivity index (χ4v) is 2.14. The van der Waals surface area contributed by atoms with Gasteiger partial charge in [0.05, 0.1) is 6.61 Å². The largest absolute Gasteiger partial charge is 0.478 e. The number of unbranched alkanes of at least 4 members (excludes halogenated alkanes) is 6. The van der Waals surface area contributed by atoms with E-state index in [1.165, 1.54) is 44.6 Å². The third-order valence-corrected chi connectivity index (χ3v) is 3.80. The Morgan fingerprint density at radius 2 is 1.39 bits per heavy atom. The van der Waals surface area contributed by atoms with E-state index in [9.17, 15) is 9.59 Å². The molecule has 0 aromatic carbocycles. The average Bonchev–Trinajstić information content (AvgIpc) is 2.67. The molecule has 0 aliphatic rings. The van der Waals surface area contributed by atoms with Crippen LogP contribution >= 0.6 is 0 Å². The molecule has 0 rings (SSSR count). The summed E-state index contributed by atoms with van der Waals surface area (Å²) in [5, 5.41) is 8.71. The van der Waals surface area contributed by atoms with Crippen molar-refractivity contribution in [3.05, 3.63) is 48.1 Å². The first-order valence-electron chi connectivity index (χ1n) is 10.6. The van der Waals surface area contributed by atoms with E-state index in [0.717, 1.165) is 12.8 Å². The number of allylic oxidation sites excluding steroid dienone is 6. The van der Waals surface area contributed by atoms with Gasteiger partial charge in [0.15, 0.2) is 0 Å². The van der Waals surface area contributed by atoms with Crippen LogP contribution in [0.25, 0.3) is 0 Å². The number of ether oxygens (including phenoxy) is 1. The van der Waals surface area contributed by atoms with E-state index >= 15 is 0 Å². The maximum Gasteiger partial charge on any atom is 0.331 e. The zero-order valence-electron chi connectivity index (χ0n) is 18.3. The number of aliphatic carboxylic acids is 1. The molecule has 0 saturated heterocycles. The van der Waals surface area contributed by atoms with E-state index in [2.05, 4.69) is 19.9 Å². The summed E-state index contributed by atoms with van der Waals surface area (Å²) in [6, 6.07) is 0. The lowest BCUT2D eigenvalue weighted by atomic mass is 10.1. The van der Waals surface area contributed by atoms with Crippen LogP contribution < -0.4 is 0 Å². The van der Waals surface area contributed by atoms with Crippen LogP contribution in [0.4, 0.5) is 0 Å². The molecule has 0 aliphatic carbocycles. The minimum absolute atomic E-state index is 0.272. The topological polar surface area (TPSA) is 63.6 Å². The normalized spacial score (nSPS) is 11.8. The summed E-state index contributed by atoms with van der Waals surface area (Å²) in [4.78, 5) is 21.4. The maximum absolute atomic E-state index is 10.8. The van der Waals surface area contributed by atoms with Gasteiger partial charge in [0.1, 0.15) is 0 Å². The highest BCUT2D eigenvalue weighted by atomic mass is 16.5. The number of esters is 1. The second-order valence-corrected chi connectivity index (χ2v) is 6.31. The van der Waals surface area contributed by atoms with Crippen molar-refractivity contribution in [2.45, 2.75) is 85.5 Å². The van der Waals surface area contributed by atoms with E-state index in [4.69, 9.17) is 9.84 Å². The lowest BCUT2D eigenvalue weighted by molar-refractivity contribution is -0.137. The lowest BCUT2D eigenvalue weighted by Crippen LogP contribution is -1.98. The van der Waals surface area contributed by atoms with Crippen LogP contribution in [0.2, 0.25) is 0 Å². The van der Waals surface area contributed by atoms with Gasteiger partial charge in [0.2, 0.25) is 0 Å². The molecule has 0 saturated carbocycles. The summed E-state index contributed by atoms with van der Waals surface area (Å²) in [6.45, 7) is 8.44. The van der Waals surface area contributed by atoms with Crippen molar-refractivity contribution in [1.29, 1.82) is 0 Å². The molecule has 0 heterocycles. The first-order valence-corrected chi connectivity index (χ1v) is 10.6. The van der Waals surface area contributed by atoms with Crippen molar-refractivity contribution < 1.29 is 19.4 Å². The third kappa shape index (κ3) is 21.9. The number of rotatable bonds is 14. The van der Waals surface area contributed by atoms with E-state index in [1.807, 2.05) is 25.2 Å². The zero-order chi connectivity index (χ0) is 21.5. The van der Waals surface area contributed by atoms with Gasteiger partial charge in [0.25, 0.3) is 0 Å². The summed E-state index contributed by atoms with van der Waals surface area (Å²) in [5.74, 6) is -1.09. The van der Waals surface area contributed by atoms with Crippen LogP contribution in [0.3, 0.4) is 0 Å². The summed E-state index contributed by atoms with van der Waals surface area (Å²) in [5.41, 5.74) is 0.469. The van der Waals surface area contributed by atoms with E-state index < -0.39 is 5.97 Å². The molecule has 0 aromatic heterocycles. The summed E-state index contributed by atoms with van der Waals surface area (Å²) in [6.07, 6.45) is 22.8. The number of carboxylic acids is 1. The standard InChI is InChI=1S/2C12H20O2/c1-3-5-6-7-8-9-10-11-12(13)14-4-2;1-3-5-6-7-8-9-10-11(4-2)12(13)14/h8-11H,3-7H2,1-2H3;8-10H,3-7H2,1-2H3,(H,13,14). The van der Waals surface area contributed by atoms with E-state index in [1.54, 1.807) is 19.1 Å². The van der Waals surface area contributed by atoms with Gasteiger partial charge in [0, 0.05) is 11.6 Å². The van der Waals surface area contributed by atoms with Crippen LogP contribution in [-0.2, 0) is 14.3 Å². The summed E-state index contributed by atoms with van der Waals surface area (Å²) >= 11 is 0. The molecule has 0 atom stereocenters. The number of carboxylic acid groups (broad SMARTS) is 1. The predicted octanol–water partition coefficient (Wildman–Crippen LogP) is 6.79. The molecule has 28 heavy (non-hydrogen) atoms. The highest BCUT2D eigenvalue weighted by Crippen LogP contribution is 2.03. The minimum atomic E-state index is -0.814. The molecule has 0 radical (unpaired) electrons. The van der Waals surface area contributed by atoms with Crippen molar-refractivity contribution >= 4 is 11.9 Å². The second kappa shape index (κ2) is 22.9. The molecule has 160 valence electrons. The molecule has 0 bridgehead atoms. The quantitative estimate of drug-likeness (QED) is 0.153. The molecule has 4 heteroatoms. The van der Waals surface area contributed by atoms with Crippen LogP contribution in [0.15, 0.2) is 48.1 Å². The van der Waals surface area contributed by atoms with Crippen LogP contribution in [-0.4, -0.2) is 23.7 Å². The van der Waals surface area contributed by atoms with Gasteiger partial charge < -0.3 is 9.84 Å². The summed E-state index contributed by atoms with van der Waals surface area (Å²) in [7, 11) is 0. The minimum Gasteiger partial charge on any atom is -0.478 e. The highest BCUT2D eigenvalue weighted by Gasteiger charge is 2.00. The number of hydrogen-bond donors (Lipinski definition) is 1. The van der Waals surface area contributed by atoms with Gasteiger partial charge in [-0.2, -0.15) is 0 Å². The Bertz CT molecular complexity index is 497. The molecule has 0 amide bonds. The van der Waals surface area contributed by atoms with Crippen LogP contribution in [0.1, 0.15) is 85.5 Å². The Morgan fingerprint density at radius 1 is 0.821 bits per heavy atom. The monoisotopic (exact) mass is 392 g/mol. The molecular formula is C24H40O4. The molecule has 0 aliphatic heterocycles. The smallest absolute Gasteiger partial charge is 0.331 e. The van der Waals surface area contributed by atoms with Crippen molar-refractivity contribution in [2.24, 2.45) is 0 Å².